The highest BCUT2D eigenvalue weighted by molar-refractivity contribution is 5.95. The summed E-state index contributed by atoms with van der Waals surface area (Å²) in [5, 5.41) is 13.9. The van der Waals surface area contributed by atoms with Gasteiger partial charge in [0.25, 0.3) is 5.91 Å². The van der Waals surface area contributed by atoms with Gasteiger partial charge in [-0.25, -0.2) is 4.79 Å². The third-order valence-electron chi connectivity index (χ3n) is 2.68. The number of anilines is 1. The topological polar surface area (TPSA) is 122 Å². The molecule has 0 spiro atoms. The van der Waals surface area contributed by atoms with E-state index < -0.39 is 17.4 Å². The van der Waals surface area contributed by atoms with E-state index in [1.807, 2.05) is 0 Å². The fourth-order valence-electron chi connectivity index (χ4n) is 1.33. The Morgan fingerprint density at radius 3 is 2.20 bits per heavy atom. The molecule has 0 heterocycles. The minimum atomic E-state index is -1.04. The highest BCUT2D eigenvalue weighted by atomic mass is 16.4. The third kappa shape index (κ3) is 4.27. The molecule has 0 saturated carbocycles. The van der Waals surface area contributed by atoms with Crippen molar-refractivity contribution >= 4 is 23.6 Å². The normalized spacial score (nSPS) is 10.7. The standard InChI is InChI=1S/C13H17N3O4/c1-13(2,11(18)19)7-15-10(17)8-3-5-9(6-4-8)16-12(14)20/h3-6H,7H2,1-2H3,(H,15,17)(H,18,19)(H3,14,16,20). The summed E-state index contributed by atoms with van der Waals surface area (Å²) in [7, 11) is 0. The van der Waals surface area contributed by atoms with Crippen LogP contribution in [0.3, 0.4) is 0 Å². The van der Waals surface area contributed by atoms with Crippen LogP contribution in [0.2, 0.25) is 0 Å². The van der Waals surface area contributed by atoms with E-state index in [0.717, 1.165) is 0 Å². The first-order valence-electron chi connectivity index (χ1n) is 5.90. The molecule has 0 radical (unpaired) electrons. The zero-order valence-corrected chi connectivity index (χ0v) is 11.3. The van der Waals surface area contributed by atoms with Gasteiger partial charge in [-0.05, 0) is 38.1 Å². The van der Waals surface area contributed by atoms with Gasteiger partial charge in [0.15, 0.2) is 0 Å². The van der Waals surface area contributed by atoms with Crippen LogP contribution in [0, 0.1) is 5.41 Å². The van der Waals surface area contributed by atoms with E-state index in [9.17, 15) is 14.4 Å². The molecule has 0 aromatic heterocycles. The summed E-state index contributed by atoms with van der Waals surface area (Å²) in [6, 6.07) is 5.39. The predicted octanol–water partition coefficient (Wildman–Crippen LogP) is 1.02. The molecule has 1 aromatic carbocycles. The zero-order valence-electron chi connectivity index (χ0n) is 11.3. The molecule has 0 aliphatic heterocycles. The fourth-order valence-corrected chi connectivity index (χ4v) is 1.33. The number of hydrogen-bond acceptors (Lipinski definition) is 3. The van der Waals surface area contributed by atoms with Gasteiger partial charge in [0.05, 0.1) is 5.41 Å². The Labute approximate surface area is 116 Å². The Morgan fingerprint density at radius 2 is 1.75 bits per heavy atom. The van der Waals surface area contributed by atoms with Crippen LogP contribution in [0.5, 0.6) is 0 Å². The van der Waals surface area contributed by atoms with Crippen molar-refractivity contribution in [3.05, 3.63) is 29.8 Å². The molecule has 0 bridgehead atoms. The molecule has 3 amide bonds. The summed E-state index contributed by atoms with van der Waals surface area (Å²) in [4.78, 5) is 33.4. The molecule has 0 aliphatic carbocycles. The molecule has 0 fully saturated rings. The number of primary amides is 1. The average Bonchev–Trinajstić information content (AvgIpc) is 2.36. The summed E-state index contributed by atoms with van der Waals surface area (Å²) < 4.78 is 0. The molecule has 5 N–H and O–H groups in total. The highest BCUT2D eigenvalue weighted by Gasteiger charge is 2.27. The van der Waals surface area contributed by atoms with E-state index in [0.29, 0.717) is 11.3 Å². The molecule has 0 saturated heterocycles. The third-order valence-corrected chi connectivity index (χ3v) is 2.68. The number of amides is 3. The smallest absolute Gasteiger partial charge is 0.316 e. The summed E-state index contributed by atoms with van der Waals surface area (Å²) in [5.74, 6) is -1.37. The maximum absolute atomic E-state index is 11.8. The van der Waals surface area contributed by atoms with Gasteiger partial charge in [0, 0.05) is 17.8 Å². The van der Waals surface area contributed by atoms with E-state index in [4.69, 9.17) is 10.8 Å². The lowest BCUT2D eigenvalue weighted by Crippen LogP contribution is -2.38. The fraction of sp³-hybridized carbons (Fsp3) is 0.308. The maximum Gasteiger partial charge on any atom is 0.316 e. The van der Waals surface area contributed by atoms with Crippen LogP contribution in [0.15, 0.2) is 24.3 Å². The number of rotatable bonds is 5. The molecule has 0 unspecified atom stereocenters. The van der Waals surface area contributed by atoms with E-state index in [2.05, 4.69) is 10.6 Å². The van der Waals surface area contributed by atoms with Crippen LogP contribution in [-0.2, 0) is 4.79 Å². The molecule has 20 heavy (non-hydrogen) atoms. The van der Waals surface area contributed by atoms with Crippen LogP contribution in [0.25, 0.3) is 0 Å². The van der Waals surface area contributed by atoms with Gasteiger partial charge in [-0.1, -0.05) is 0 Å². The molecular weight excluding hydrogens is 262 g/mol. The summed E-state index contributed by atoms with van der Waals surface area (Å²) in [6.45, 7) is 3.06. The number of aliphatic carboxylic acids is 1. The second-order valence-corrected chi connectivity index (χ2v) is 4.94. The molecule has 108 valence electrons. The van der Waals surface area contributed by atoms with Crippen molar-refractivity contribution in [1.82, 2.24) is 5.32 Å². The van der Waals surface area contributed by atoms with Gasteiger partial charge >= 0.3 is 12.0 Å². The number of hydrogen-bond donors (Lipinski definition) is 4. The maximum atomic E-state index is 11.8. The second-order valence-electron chi connectivity index (χ2n) is 4.94. The molecule has 1 aromatic rings. The van der Waals surface area contributed by atoms with Gasteiger partial charge < -0.3 is 21.5 Å². The Balaban J connectivity index is 2.64. The molecule has 0 atom stereocenters. The van der Waals surface area contributed by atoms with Crippen molar-refractivity contribution in [1.29, 1.82) is 0 Å². The summed E-state index contributed by atoms with van der Waals surface area (Å²) in [5.41, 5.74) is 4.76. The monoisotopic (exact) mass is 279 g/mol. The number of carbonyl (C=O) groups is 3. The largest absolute Gasteiger partial charge is 0.481 e. The lowest BCUT2D eigenvalue weighted by atomic mass is 9.94. The zero-order chi connectivity index (χ0) is 15.3. The van der Waals surface area contributed by atoms with Crippen molar-refractivity contribution < 1.29 is 19.5 Å². The number of benzene rings is 1. The minimum Gasteiger partial charge on any atom is -0.481 e. The Hall–Kier alpha value is -2.57. The first kappa shape index (κ1) is 15.5. The van der Waals surface area contributed by atoms with Gasteiger partial charge in [0.1, 0.15) is 0 Å². The Bertz CT molecular complexity index is 523. The molecule has 0 aliphatic rings. The van der Waals surface area contributed by atoms with Gasteiger partial charge in [-0.15, -0.1) is 0 Å². The molecule has 7 heteroatoms. The van der Waals surface area contributed by atoms with Gasteiger partial charge in [-0.2, -0.15) is 0 Å². The van der Waals surface area contributed by atoms with Gasteiger partial charge in [0.2, 0.25) is 0 Å². The highest BCUT2D eigenvalue weighted by Crippen LogP contribution is 2.14. The second kappa shape index (κ2) is 6.05. The van der Waals surface area contributed by atoms with Crippen molar-refractivity contribution in [2.75, 3.05) is 11.9 Å². The van der Waals surface area contributed by atoms with Gasteiger partial charge in [-0.3, -0.25) is 9.59 Å². The first-order valence-corrected chi connectivity index (χ1v) is 5.90. The van der Waals surface area contributed by atoms with E-state index in [1.54, 1.807) is 0 Å². The van der Waals surface area contributed by atoms with E-state index >= 15 is 0 Å². The predicted molar refractivity (Wildman–Crippen MR) is 73.4 cm³/mol. The molecule has 1 rings (SSSR count). The van der Waals surface area contributed by atoms with Crippen LogP contribution in [-0.4, -0.2) is 29.6 Å². The van der Waals surface area contributed by atoms with Crippen molar-refractivity contribution in [2.24, 2.45) is 11.1 Å². The first-order chi connectivity index (χ1) is 9.22. The number of nitrogens with one attached hydrogen (secondary N) is 2. The number of carboxylic acids is 1. The summed E-state index contributed by atoms with van der Waals surface area (Å²) >= 11 is 0. The van der Waals surface area contributed by atoms with E-state index in [-0.39, 0.29) is 12.5 Å². The van der Waals surface area contributed by atoms with Crippen LogP contribution in [0.1, 0.15) is 24.2 Å². The van der Waals surface area contributed by atoms with E-state index in [1.165, 1.54) is 38.1 Å². The van der Waals surface area contributed by atoms with Crippen LogP contribution in [0.4, 0.5) is 10.5 Å². The lowest BCUT2D eigenvalue weighted by molar-refractivity contribution is -0.146. The Kier molecular flexibility index (Phi) is 4.68. The van der Waals surface area contributed by atoms with Crippen LogP contribution >= 0.6 is 0 Å². The number of carboxylic acid groups (broad SMARTS) is 1. The number of nitrogens with two attached hydrogens (primary N) is 1. The Morgan fingerprint density at radius 1 is 1.20 bits per heavy atom. The quantitative estimate of drug-likeness (QED) is 0.642. The average molecular weight is 279 g/mol. The van der Waals surface area contributed by atoms with Crippen molar-refractivity contribution in [3.63, 3.8) is 0 Å². The molecular formula is C13H17N3O4. The molecule has 7 nitrogen and oxygen atoms in total. The number of urea groups is 1. The number of carbonyl (C=O) groups excluding carboxylic acids is 2. The lowest BCUT2D eigenvalue weighted by Gasteiger charge is -2.19. The SMILES string of the molecule is CC(C)(CNC(=O)c1ccc(NC(N)=O)cc1)C(=O)O. The summed E-state index contributed by atoms with van der Waals surface area (Å²) in [6.07, 6.45) is 0. The van der Waals surface area contributed by atoms with Crippen LogP contribution < -0.4 is 16.4 Å². The minimum absolute atomic E-state index is 0.0163. The van der Waals surface area contributed by atoms with Crippen molar-refractivity contribution in [2.45, 2.75) is 13.8 Å². The van der Waals surface area contributed by atoms with Crippen molar-refractivity contribution in [3.8, 4) is 0 Å².